The van der Waals surface area contributed by atoms with Gasteiger partial charge in [0, 0.05) is 0 Å². The van der Waals surface area contributed by atoms with Gasteiger partial charge >= 0.3 is 38.7 Å². The van der Waals surface area contributed by atoms with E-state index in [0.717, 1.165) is 0 Å². The molecule has 0 N–H and O–H groups in total. The topological polar surface area (TPSA) is 46.6 Å². The molecule has 0 saturated heterocycles. The molecule has 0 aromatic heterocycles. The van der Waals surface area contributed by atoms with Gasteiger partial charge in [0.2, 0.25) is 11.1 Å². The van der Waals surface area contributed by atoms with Crippen molar-refractivity contribution >= 4 is 13.5 Å². The number of benzene rings is 1. The molecule has 0 fully saturated rings. The number of ether oxygens (including phenoxy) is 2. The Bertz CT molecular complexity index is 484. The minimum absolute atomic E-state index is 0.358. The van der Waals surface area contributed by atoms with E-state index >= 15 is 0 Å². The average molecular weight is 310 g/mol. The van der Waals surface area contributed by atoms with Crippen molar-refractivity contribution in [3.8, 4) is 11.5 Å². The fraction of sp³-hybridized carbons (Fsp3) is 0.250. The second kappa shape index (κ2) is 4.74. The molecule has 0 bridgehead atoms. The van der Waals surface area contributed by atoms with Crippen LogP contribution in [0.4, 0.5) is 30.9 Å². The summed E-state index contributed by atoms with van der Waals surface area (Å²) in [7, 11) is -7.60. The molecule has 4 nitrogen and oxygen atoms in total. The maximum absolute atomic E-state index is 10.7. The fourth-order valence-corrected chi connectivity index (χ4v) is 0.875. The first-order valence-electron chi connectivity index (χ1n) is 4.40. The van der Waals surface area contributed by atoms with E-state index < -0.39 is 7.81 Å². The maximum atomic E-state index is 9.87. The van der Waals surface area contributed by atoms with Crippen LogP contribution in [0.25, 0.3) is 4.98 Å². The molecule has 0 radical (unpaired) electrons. The zero-order chi connectivity index (χ0) is 15.4. The number of diazo groups is 1. The molecule has 1 rings (SSSR count). The Balaban J connectivity index is 0.000000399. The second-order valence-corrected chi connectivity index (χ2v) is 5.01. The van der Waals surface area contributed by atoms with Crippen molar-refractivity contribution in [2.24, 2.45) is 0 Å². The summed E-state index contributed by atoms with van der Waals surface area (Å²) in [4.78, 5) is 3.04. The molecule has 0 aliphatic rings. The molecule has 0 atom stereocenters. The van der Waals surface area contributed by atoms with Crippen LogP contribution in [0.3, 0.4) is 0 Å². The molecule has 11 heteroatoms. The third-order valence-electron chi connectivity index (χ3n) is 1.49. The Morgan fingerprint density at radius 3 is 1.79 bits per heavy atom. The quantitative estimate of drug-likeness (QED) is 0.407. The Morgan fingerprint density at radius 2 is 1.47 bits per heavy atom. The van der Waals surface area contributed by atoms with E-state index in [4.69, 9.17) is 14.9 Å². The minimum atomic E-state index is -10.7. The summed E-state index contributed by atoms with van der Waals surface area (Å²) in [6.45, 7) is 0. The molecule has 1 aromatic rings. The molecule has 0 aliphatic heterocycles. The number of rotatable bonds is 2. The van der Waals surface area contributed by atoms with E-state index in [0.29, 0.717) is 17.2 Å². The van der Waals surface area contributed by atoms with E-state index in [1.54, 1.807) is 25.3 Å². The fourth-order valence-electron chi connectivity index (χ4n) is 0.875. The van der Waals surface area contributed by atoms with Crippen molar-refractivity contribution in [2.45, 2.75) is 0 Å². The predicted octanol–water partition coefficient (Wildman–Crippen LogP) is 5.57. The molecule has 1 aromatic carbocycles. The Kier molecular flexibility index (Phi) is 4.30. The molecule has 0 saturated carbocycles. The third kappa shape index (κ3) is 11.1. The molecule has 0 unspecified atom stereocenters. The summed E-state index contributed by atoms with van der Waals surface area (Å²) in [6, 6.07) is 4.99. The molecule has 0 heterocycles. The predicted molar refractivity (Wildman–Crippen MR) is 57.9 cm³/mol. The summed E-state index contributed by atoms with van der Waals surface area (Å²) in [6.07, 6.45) is 0. The number of hydrogen-bond acceptors (Lipinski definition) is 3. The number of halogens is 6. The SMILES string of the molecule is COc1ccc(OC)c([N+]#N)c1.F[P-](F)(F)(F)(F)F. The van der Waals surface area contributed by atoms with Gasteiger partial charge in [-0.05, 0) is 12.1 Å². The molecule has 0 spiro atoms. The number of hydrogen-bond donors (Lipinski definition) is 0. The zero-order valence-electron chi connectivity index (χ0n) is 9.66. The van der Waals surface area contributed by atoms with Gasteiger partial charge in [0.1, 0.15) is 5.75 Å². The van der Waals surface area contributed by atoms with Crippen LogP contribution in [0.15, 0.2) is 18.2 Å². The van der Waals surface area contributed by atoms with Crippen LogP contribution in [-0.4, -0.2) is 14.2 Å². The van der Waals surface area contributed by atoms with E-state index in [1.165, 1.54) is 7.11 Å². The van der Waals surface area contributed by atoms with Gasteiger partial charge < -0.3 is 9.47 Å². The van der Waals surface area contributed by atoms with Gasteiger partial charge in [-0.1, -0.05) is 0 Å². The van der Waals surface area contributed by atoms with Gasteiger partial charge in [-0.3, -0.25) is 0 Å². The molecular weight excluding hydrogens is 301 g/mol. The second-order valence-electron chi connectivity index (χ2n) is 3.10. The van der Waals surface area contributed by atoms with Gasteiger partial charge in [-0.25, -0.2) is 0 Å². The molecule has 110 valence electrons. The van der Waals surface area contributed by atoms with Crippen LogP contribution in [0.5, 0.6) is 11.5 Å². The number of nitrogens with zero attached hydrogens (tertiary/aromatic N) is 2. The average Bonchev–Trinajstić information content (AvgIpc) is 2.23. The van der Waals surface area contributed by atoms with Gasteiger partial charge in [0.15, 0.2) is 4.98 Å². The van der Waals surface area contributed by atoms with E-state index in [9.17, 15) is 25.2 Å². The summed E-state index contributed by atoms with van der Waals surface area (Å²) in [5, 5.41) is 8.56. The summed E-state index contributed by atoms with van der Waals surface area (Å²) in [5.74, 6) is 1.14. The van der Waals surface area contributed by atoms with Gasteiger partial charge in [0.05, 0.1) is 20.3 Å². The van der Waals surface area contributed by atoms with Crippen molar-refractivity contribution in [1.29, 1.82) is 5.39 Å². The van der Waals surface area contributed by atoms with Crippen LogP contribution >= 0.6 is 7.81 Å². The Hall–Kier alpha value is -1.75. The molecular formula is C8H9F6N2O2P. The van der Waals surface area contributed by atoms with Crippen molar-refractivity contribution < 1.29 is 34.7 Å². The monoisotopic (exact) mass is 310 g/mol. The molecule has 0 amide bonds. The van der Waals surface area contributed by atoms with Crippen molar-refractivity contribution in [3.63, 3.8) is 0 Å². The van der Waals surface area contributed by atoms with Crippen LogP contribution in [0.2, 0.25) is 0 Å². The number of methoxy groups -OCH3 is 2. The zero-order valence-corrected chi connectivity index (χ0v) is 10.6. The van der Waals surface area contributed by atoms with Gasteiger partial charge in [-0.2, -0.15) is 0 Å². The van der Waals surface area contributed by atoms with Crippen LogP contribution in [-0.2, 0) is 0 Å². The summed E-state index contributed by atoms with van der Waals surface area (Å²) < 4.78 is 69.1. The van der Waals surface area contributed by atoms with E-state index in [-0.39, 0.29) is 0 Å². The first kappa shape index (κ1) is 17.2. The van der Waals surface area contributed by atoms with Crippen molar-refractivity contribution in [3.05, 3.63) is 23.2 Å². The van der Waals surface area contributed by atoms with Crippen molar-refractivity contribution in [1.82, 2.24) is 0 Å². The Labute approximate surface area is 103 Å². The van der Waals surface area contributed by atoms with Crippen molar-refractivity contribution in [2.75, 3.05) is 14.2 Å². The summed E-state index contributed by atoms with van der Waals surface area (Å²) >= 11 is 0. The Morgan fingerprint density at radius 1 is 1.00 bits per heavy atom. The van der Waals surface area contributed by atoms with Crippen LogP contribution in [0, 0.1) is 5.39 Å². The summed E-state index contributed by atoms with van der Waals surface area (Å²) in [5.41, 5.74) is 0.358. The first-order valence-corrected chi connectivity index (χ1v) is 6.43. The first-order chi connectivity index (χ1) is 8.26. The molecule has 19 heavy (non-hydrogen) atoms. The van der Waals surface area contributed by atoms with Crippen LogP contribution < -0.4 is 9.47 Å². The third-order valence-corrected chi connectivity index (χ3v) is 1.49. The molecule has 0 aliphatic carbocycles. The van der Waals surface area contributed by atoms with Gasteiger partial charge in [0.25, 0.3) is 0 Å². The van der Waals surface area contributed by atoms with E-state index in [2.05, 4.69) is 4.98 Å². The standard InChI is InChI=1S/C8H9N2O2.F6P/c1-11-6-3-4-8(12-2)7(5-6)10-9;1-7(2,3,4,5)6/h3-5H,1-2H3;/q+1;-1. The van der Waals surface area contributed by atoms with Gasteiger partial charge in [-0.15, -0.1) is 0 Å². The van der Waals surface area contributed by atoms with E-state index in [1.807, 2.05) is 0 Å². The normalized spacial score (nSPS) is 14.1. The van der Waals surface area contributed by atoms with Crippen LogP contribution in [0.1, 0.15) is 0 Å².